The fourth-order valence-electron chi connectivity index (χ4n) is 1.61. The lowest BCUT2D eigenvalue weighted by Gasteiger charge is -2.10. The highest BCUT2D eigenvalue weighted by Crippen LogP contribution is 2.23. The van der Waals surface area contributed by atoms with Gasteiger partial charge >= 0.3 is 0 Å². The highest BCUT2D eigenvalue weighted by atomic mass is 79.9. The van der Waals surface area contributed by atoms with Crippen molar-refractivity contribution < 1.29 is 0 Å². The summed E-state index contributed by atoms with van der Waals surface area (Å²) in [6.07, 6.45) is 0. The Morgan fingerprint density at radius 3 is 2.50 bits per heavy atom. The molecule has 18 heavy (non-hydrogen) atoms. The molecule has 4 N–H and O–H groups in total. The van der Waals surface area contributed by atoms with Gasteiger partial charge in [-0.3, -0.25) is 0 Å². The van der Waals surface area contributed by atoms with E-state index in [4.69, 9.17) is 5.84 Å². The van der Waals surface area contributed by atoms with E-state index in [1.165, 1.54) is 0 Å². The van der Waals surface area contributed by atoms with Crippen LogP contribution in [0.4, 0.5) is 17.3 Å². The van der Waals surface area contributed by atoms with E-state index in [2.05, 4.69) is 36.6 Å². The summed E-state index contributed by atoms with van der Waals surface area (Å²) >= 11 is 3.44. The Labute approximate surface area is 114 Å². The highest BCUT2D eigenvalue weighted by Gasteiger charge is 2.03. The summed E-state index contributed by atoms with van der Waals surface area (Å²) in [6, 6.07) is 7.77. The van der Waals surface area contributed by atoms with Gasteiger partial charge in [-0.25, -0.2) is 15.8 Å². The first-order valence-corrected chi connectivity index (χ1v) is 6.23. The number of nitrogens with two attached hydrogens (primary N) is 1. The molecule has 0 aliphatic rings. The Balaban J connectivity index is 2.30. The zero-order valence-corrected chi connectivity index (χ0v) is 11.7. The van der Waals surface area contributed by atoms with Crippen LogP contribution >= 0.6 is 15.9 Å². The molecule has 2 rings (SSSR count). The molecular formula is C12H14BrN5. The van der Waals surface area contributed by atoms with E-state index in [9.17, 15) is 0 Å². The van der Waals surface area contributed by atoms with Crippen LogP contribution in [0, 0.1) is 13.8 Å². The summed E-state index contributed by atoms with van der Waals surface area (Å²) in [7, 11) is 0. The van der Waals surface area contributed by atoms with Gasteiger partial charge in [0.1, 0.15) is 17.5 Å². The third-order valence-corrected chi connectivity index (χ3v) is 2.93. The van der Waals surface area contributed by atoms with Crippen LogP contribution < -0.4 is 16.6 Å². The van der Waals surface area contributed by atoms with Crippen molar-refractivity contribution in [1.82, 2.24) is 9.97 Å². The Morgan fingerprint density at radius 1 is 1.11 bits per heavy atom. The van der Waals surface area contributed by atoms with Crippen LogP contribution in [0.3, 0.4) is 0 Å². The summed E-state index contributed by atoms with van der Waals surface area (Å²) in [4.78, 5) is 8.45. The molecular weight excluding hydrogens is 294 g/mol. The molecule has 0 fully saturated rings. The highest BCUT2D eigenvalue weighted by molar-refractivity contribution is 9.10. The van der Waals surface area contributed by atoms with Crippen molar-refractivity contribution in [2.24, 2.45) is 5.84 Å². The number of hydrazine groups is 1. The summed E-state index contributed by atoms with van der Waals surface area (Å²) in [6.45, 7) is 3.85. The first-order valence-electron chi connectivity index (χ1n) is 5.44. The van der Waals surface area contributed by atoms with Crippen LogP contribution in [0.15, 0.2) is 28.7 Å². The van der Waals surface area contributed by atoms with Crippen molar-refractivity contribution in [2.45, 2.75) is 13.8 Å². The molecule has 1 aromatic heterocycles. The standard InChI is InChI=1S/C12H14BrN5/c1-7-5-9(13)3-4-10(7)17-11-6-12(18-14)16-8(2)15-11/h3-6H,14H2,1-2H3,(H2,15,16,17,18). The average Bonchev–Trinajstić information content (AvgIpc) is 2.32. The number of nitrogens with zero attached hydrogens (tertiary/aromatic N) is 2. The molecule has 0 aliphatic carbocycles. The normalized spacial score (nSPS) is 10.2. The maximum atomic E-state index is 5.36. The smallest absolute Gasteiger partial charge is 0.145 e. The van der Waals surface area contributed by atoms with Crippen molar-refractivity contribution >= 4 is 33.3 Å². The number of hydrogen-bond acceptors (Lipinski definition) is 5. The van der Waals surface area contributed by atoms with E-state index in [-0.39, 0.29) is 0 Å². The predicted molar refractivity (Wildman–Crippen MR) is 76.7 cm³/mol. The number of rotatable bonds is 3. The molecule has 0 saturated carbocycles. The van der Waals surface area contributed by atoms with E-state index >= 15 is 0 Å². The topological polar surface area (TPSA) is 75.9 Å². The van der Waals surface area contributed by atoms with E-state index in [1.54, 1.807) is 6.07 Å². The van der Waals surface area contributed by atoms with E-state index in [1.807, 2.05) is 32.0 Å². The average molecular weight is 308 g/mol. The Bertz CT molecular complexity index is 570. The van der Waals surface area contributed by atoms with Crippen LogP contribution in [0.1, 0.15) is 11.4 Å². The number of hydrogen-bond donors (Lipinski definition) is 3. The van der Waals surface area contributed by atoms with Gasteiger partial charge in [0, 0.05) is 16.2 Å². The van der Waals surface area contributed by atoms with Crippen molar-refractivity contribution in [1.29, 1.82) is 0 Å². The molecule has 6 heteroatoms. The number of benzene rings is 1. The fraction of sp³-hybridized carbons (Fsp3) is 0.167. The summed E-state index contributed by atoms with van der Waals surface area (Å²) in [5.41, 5.74) is 4.65. The quantitative estimate of drug-likeness (QED) is 0.600. The van der Waals surface area contributed by atoms with E-state index < -0.39 is 0 Å². The van der Waals surface area contributed by atoms with Gasteiger partial charge < -0.3 is 10.7 Å². The molecule has 2 aromatic rings. The van der Waals surface area contributed by atoms with Gasteiger partial charge in [-0.1, -0.05) is 15.9 Å². The lowest BCUT2D eigenvalue weighted by atomic mass is 10.2. The molecule has 1 heterocycles. The van der Waals surface area contributed by atoms with Crippen LogP contribution in [0.2, 0.25) is 0 Å². The Morgan fingerprint density at radius 2 is 1.83 bits per heavy atom. The van der Waals surface area contributed by atoms with Crippen molar-refractivity contribution in [3.8, 4) is 0 Å². The summed E-state index contributed by atoms with van der Waals surface area (Å²) in [5, 5.41) is 3.25. The largest absolute Gasteiger partial charge is 0.340 e. The zero-order chi connectivity index (χ0) is 13.1. The van der Waals surface area contributed by atoms with Crippen LogP contribution in [0.5, 0.6) is 0 Å². The predicted octanol–water partition coefficient (Wildman–Crippen LogP) is 2.89. The molecule has 0 radical (unpaired) electrons. The molecule has 0 atom stereocenters. The number of nitrogens with one attached hydrogen (secondary N) is 2. The van der Waals surface area contributed by atoms with E-state index in [0.717, 1.165) is 15.7 Å². The van der Waals surface area contributed by atoms with Gasteiger partial charge in [-0.2, -0.15) is 0 Å². The lowest BCUT2D eigenvalue weighted by Crippen LogP contribution is -2.10. The Kier molecular flexibility index (Phi) is 3.78. The maximum Gasteiger partial charge on any atom is 0.145 e. The molecule has 94 valence electrons. The minimum absolute atomic E-state index is 0.583. The second-order valence-electron chi connectivity index (χ2n) is 3.91. The van der Waals surface area contributed by atoms with Crippen molar-refractivity contribution in [3.05, 3.63) is 40.1 Å². The SMILES string of the molecule is Cc1nc(NN)cc(Nc2ccc(Br)cc2C)n1. The molecule has 0 unspecified atom stereocenters. The van der Waals surface area contributed by atoms with Gasteiger partial charge in [0.05, 0.1) is 0 Å². The molecule has 0 saturated heterocycles. The second-order valence-corrected chi connectivity index (χ2v) is 4.83. The minimum atomic E-state index is 0.583. The molecule has 1 aromatic carbocycles. The molecule has 0 aliphatic heterocycles. The van der Waals surface area contributed by atoms with Gasteiger partial charge in [-0.05, 0) is 37.6 Å². The van der Waals surface area contributed by atoms with Crippen LogP contribution in [0.25, 0.3) is 0 Å². The lowest BCUT2D eigenvalue weighted by molar-refractivity contribution is 1.05. The van der Waals surface area contributed by atoms with Gasteiger partial charge in [0.2, 0.25) is 0 Å². The fourth-order valence-corrected chi connectivity index (χ4v) is 2.09. The first kappa shape index (κ1) is 12.8. The molecule has 5 nitrogen and oxygen atoms in total. The monoisotopic (exact) mass is 307 g/mol. The number of aryl methyl sites for hydroxylation is 2. The maximum absolute atomic E-state index is 5.36. The Hall–Kier alpha value is -1.66. The molecule has 0 spiro atoms. The first-order chi connectivity index (χ1) is 8.58. The summed E-state index contributed by atoms with van der Waals surface area (Å²) in [5.74, 6) is 7.30. The second kappa shape index (κ2) is 5.32. The number of aromatic nitrogens is 2. The number of halogens is 1. The third-order valence-electron chi connectivity index (χ3n) is 2.44. The van der Waals surface area contributed by atoms with Crippen LogP contribution in [-0.2, 0) is 0 Å². The van der Waals surface area contributed by atoms with Crippen LogP contribution in [-0.4, -0.2) is 9.97 Å². The third kappa shape index (κ3) is 2.96. The molecule has 0 amide bonds. The van der Waals surface area contributed by atoms with Gasteiger partial charge in [0.15, 0.2) is 0 Å². The van der Waals surface area contributed by atoms with E-state index in [0.29, 0.717) is 17.5 Å². The molecule has 0 bridgehead atoms. The zero-order valence-electron chi connectivity index (χ0n) is 10.2. The summed E-state index contributed by atoms with van der Waals surface area (Å²) < 4.78 is 1.05. The van der Waals surface area contributed by atoms with Crippen molar-refractivity contribution in [2.75, 3.05) is 10.7 Å². The number of anilines is 3. The van der Waals surface area contributed by atoms with Gasteiger partial charge in [0.25, 0.3) is 0 Å². The van der Waals surface area contributed by atoms with Gasteiger partial charge in [-0.15, -0.1) is 0 Å². The number of nitrogen functional groups attached to an aromatic ring is 1. The minimum Gasteiger partial charge on any atom is -0.340 e. The van der Waals surface area contributed by atoms with Crippen molar-refractivity contribution in [3.63, 3.8) is 0 Å².